The second kappa shape index (κ2) is 11.8. The van der Waals surface area contributed by atoms with Crippen LogP contribution in [0.5, 0.6) is 0 Å². The summed E-state index contributed by atoms with van der Waals surface area (Å²) < 4.78 is 10.2. The number of nitrogens with one attached hydrogen (secondary N) is 3. The molecule has 7 nitrogen and oxygen atoms in total. The first kappa shape index (κ1) is 24.9. The van der Waals surface area contributed by atoms with Gasteiger partial charge in [0.1, 0.15) is 17.2 Å². The summed E-state index contributed by atoms with van der Waals surface area (Å²) in [6.45, 7) is 10.6. The van der Waals surface area contributed by atoms with E-state index in [0.29, 0.717) is 34.9 Å². The number of benzene rings is 1. The van der Waals surface area contributed by atoms with Gasteiger partial charge in [0.2, 0.25) is 0 Å². The van der Waals surface area contributed by atoms with Crippen LogP contribution in [0.2, 0.25) is 0 Å². The standard InChI is InChI=1S/C22H29N3O4S/c1-7-11-22(4,27)25-18-10-8-9-17(14-18)23-21(30)24-20(26)15(2)12-19(29-6)13-16(3)28-5/h7-10,12-14,25,27H,1,3,11H2,2,4-6H3,(H2,23,24,26,30)/b15-12+,19-13+. The van der Waals surface area contributed by atoms with Crippen LogP contribution in [0.15, 0.2) is 72.7 Å². The number of allylic oxidation sites excluding steroid dienone is 2. The molecule has 0 aliphatic carbocycles. The van der Waals surface area contributed by atoms with E-state index >= 15 is 0 Å². The Morgan fingerprint density at radius 3 is 2.53 bits per heavy atom. The first-order valence-corrected chi connectivity index (χ1v) is 9.51. The third kappa shape index (κ3) is 8.93. The van der Waals surface area contributed by atoms with Crippen molar-refractivity contribution in [2.24, 2.45) is 0 Å². The Balaban J connectivity index is 2.78. The molecule has 0 aliphatic rings. The average Bonchev–Trinajstić information content (AvgIpc) is 2.66. The van der Waals surface area contributed by atoms with Crippen LogP contribution in [-0.4, -0.2) is 36.1 Å². The van der Waals surface area contributed by atoms with Crippen LogP contribution < -0.4 is 16.0 Å². The van der Waals surface area contributed by atoms with Gasteiger partial charge in [-0.3, -0.25) is 10.1 Å². The molecule has 1 atom stereocenters. The van der Waals surface area contributed by atoms with Crippen molar-refractivity contribution in [3.63, 3.8) is 0 Å². The number of carbonyl (C=O) groups is 1. The highest BCUT2D eigenvalue weighted by Crippen LogP contribution is 2.20. The number of hydrogen-bond donors (Lipinski definition) is 4. The number of thiocarbonyl (C=S) groups is 1. The molecule has 1 aromatic carbocycles. The summed E-state index contributed by atoms with van der Waals surface area (Å²) in [7, 11) is 2.97. The number of anilines is 2. The zero-order chi connectivity index (χ0) is 22.7. The number of hydrogen-bond acceptors (Lipinski definition) is 6. The molecule has 0 saturated heterocycles. The second-order valence-corrected chi connectivity index (χ2v) is 7.04. The van der Waals surface area contributed by atoms with Gasteiger partial charge in [-0.25, -0.2) is 0 Å². The maximum atomic E-state index is 12.4. The minimum absolute atomic E-state index is 0.131. The van der Waals surface area contributed by atoms with E-state index < -0.39 is 5.72 Å². The van der Waals surface area contributed by atoms with Gasteiger partial charge >= 0.3 is 0 Å². The maximum absolute atomic E-state index is 12.4. The molecule has 0 heterocycles. The SMILES string of the molecule is C=CCC(C)(O)Nc1cccc(NC(=S)NC(=O)/C(C)=C/C(=C\C(=C)OC)OC)c1. The van der Waals surface area contributed by atoms with E-state index in [1.165, 1.54) is 14.2 Å². The molecule has 1 amide bonds. The van der Waals surface area contributed by atoms with E-state index in [0.717, 1.165) is 0 Å². The van der Waals surface area contributed by atoms with Crippen molar-refractivity contribution in [2.75, 3.05) is 24.9 Å². The second-order valence-electron chi connectivity index (χ2n) is 6.63. The molecule has 4 N–H and O–H groups in total. The van der Waals surface area contributed by atoms with Crippen molar-refractivity contribution in [3.8, 4) is 0 Å². The molecular formula is C22H29N3O4S. The Hall–Kier alpha value is -3.10. The van der Waals surface area contributed by atoms with E-state index in [9.17, 15) is 9.90 Å². The molecule has 8 heteroatoms. The van der Waals surface area contributed by atoms with Gasteiger partial charge in [-0.15, -0.1) is 6.58 Å². The number of amides is 1. The predicted octanol–water partition coefficient (Wildman–Crippen LogP) is 3.83. The Morgan fingerprint density at radius 1 is 1.27 bits per heavy atom. The Bertz CT molecular complexity index is 860. The van der Waals surface area contributed by atoms with E-state index in [1.54, 1.807) is 50.3 Å². The number of rotatable bonds is 10. The zero-order valence-corrected chi connectivity index (χ0v) is 18.6. The summed E-state index contributed by atoms with van der Waals surface area (Å²) in [6, 6.07) is 7.16. The lowest BCUT2D eigenvalue weighted by molar-refractivity contribution is -0.116. The van der Waals surface area contributed by atoms with Gasteiger partial charge in [-0.05, 0) is 50.3 Å². The third-order valence-corrected chi connectivity index (χ3v) is 4.03. The summed E-state index contributed by atoms with van der Waals surface area (Å²) in [5.74, 6) is 0.425. The summed E-state index contributed by atoms with van der Waals surface area (Å²) >= 11 is 5.22. The molecule has 0 saturated carbocycles. The highest BCUT2D eigenvalue weighted by molar-refractivity contribution is 7.80. The normalized spacial score (nSPS) is 13.5. The van der Waals surface area contributed by atoms with Crippen LogP contribution in [0.3, 0.4) is 0 Å². The topological polar surface area (TPSA) is 91.9 Å². The molecule has 162 valence electrons. The molecule has 1 aromatic rings. The van der Waals surface area contributed by atoms with E-state index in [-0.39, 0.29) is 11.0 Å². The van der Waals surface area contributed by atoms with Crippen molar-refractivity contribution < 1.29 is 19.4 Å². The van der Waals surface area contributed by atoms with Gasteiger partial charge in [0.05, 0.1) is 14.2 Å². The zero-order valence-electron chi connectivity index (χ0n) is 17.7. The fourth-order valence-corrected chi connectivity index (χ4v) is 2.55. The van der Waals surface area contributed by atoms with Crippen LogP contribution in [0, 0.1) is 0 Å². The average molecular weight is 432 g/mol. The Labute approximate surface area is 183 Å². The monoisotopic (exact) mass is 431 g/mol. The van der Waals surface area contributed by atoms with Crippen LogP contribution in [0.25, 0.3) is 0 Å². The number of carbonyl (C=O) groups excluding carboxylic acids is 1. The number of methoxy groups -OCH3 is 2. The van der Waals surface area contributed by atoms with Crippen molar-refractivity contribution >= 4 is 34.6 Å². The maximum Gasteiger partial charge on any atom is 0.253 e. The highest BCUT2D eigenvalue weighted by Gasteiger charge is 2.17. The van der Waals surface area contributed by atoms with Crippen molar-refractivity contribution in [3.05, 3.63) is 72.7 Å². The fraction of sp³-hybridized carbons (Fsp3) is 0.273. The van der Waals surface area contributed by atoms with Crippen molar-refractivity contribution in [2.45, 2.75) is 26.0 Å². The summed E-state index contributed by atoms with van der Waals surface area (Å²) in [5, 5.41) is 19.0. The molecule has 1 unspecified atom stereocenters. The van der Waals surface area contributed by atoms with Crippen LogP contribution >= 0.6 is 12.2 Å². The van der Waals surface area contributed by atoms with E-state index in [4.69, 9.17) is 21.7 Å². The van der Waals surface area contributed by atoms with E-state index in [1.807, 2.05) is 6.07 Å². The Morgan fingerprint density at radius 2 is 1.93 bits per heavy atom. The largest absolute Gasteiger partial charge is 0.497 e. The quantitative estimate of drug-likeness (QED) is 0.112. The van der Waals surface area contributed by atoms with Gasteiger partial charge < -0.3 is 25.2 Å². The first-order valence-electron chi connectivity index (χ1n) is 9.11. The van der Waals surface area contributed by atoms with Gasteiger partial charge in [0, 0.05) is 29.4 Å². The molecule has 0 spiro atoms. The van der Waals surface area contributed by atoms with Gasteiger partial charge in [-0.2, -0.15) is 0 Å². The summed E-state index contributed by atoms with van der Waals surface area (Å²) in [6.07, 6.45) is 5.12. The lowest BCUT2D eigenvalue weighted by Gasteiger charge is -2.25. The number of ether oxygens (including phenoxy) is 2. The fourth-order valence-electron chi connectivity index (χ4n) is 2.34. The minimum Gasteiger partial charge on any atom is -0.497 e. The van der Waals surface area contributed by atoms with Crippen molar-refractivity contribution in [1.82, 2.24) is 5.32 Å². The lowest BCUT2D eigenvalue weighted by atomic mass is 10.1. The van der Waals surface area contributed by atoms with Gasteiger partial charge in [-0.1, -0.05) is 18.7 Å². The van der Waals surface area contributed by atoms with Crippen LogP contribution in [0.1, 0.15) is 20.3 Å². The number of aliphatic hydroxyl groups is 1. The molecule has 0 bridgehead atoms. The van der Waals surface area contributed by atoms with Crippen molar-refractivity contribution in [1.29, 1.82) is 0 Å². The molecule has 0 aliphatic heterocycles. The lowest BCUT2D eigenvalue weighted by Crippen LogP contribution is -2.35. The molecule has 0 radical (unpaired) electrons. The molecule has 0 aromatic heterocycles. The van der Waals surface area contributed by atoms with Crippen LogP contribution in [0.4, 0.5) is 11.4 Å². The van der Waals surface area contributed by atoms with Gasteiger partial charge in [0.25, 0.3) is 5.91 Å². The smallest absolute Gasteiger partial charge is 0.253 e. The molecular weight excluding hydrogens is 402 g/mol. The van der Waals surface area contributed by atoms with Crippen LogP contribution in [-0.2, 0) is 14.3 Å². The van der Waals surface area contributed by atoms with E-state index in [2.05, 4.69) is 29.1 Å². The molecule has 1 rings (SSSR count). The Kier molecular flexibility index (Phi) is 9.80. The molecule has 0 fully saturated rings. The minimum atomic E-state index is -1.13. The summed E-state index contributed by atoms with van der Waals surface area (Å²) in [4.78, 5) is 12.4. The van der Waals surface area contributed by atoms with Gasteiger partial charge in [0.15, 0.2) is 5.11 Å². The highest BCUT2D eigenvalue weighted by atomic mass is 32.1. The first-order chi connectivity index (χ1) is 14.1. The third-order valence-electron chi connectivity index (χ3n) is 3.82. The predicted molar refractivity (Wildman–Crippen MR) is 125 cm³/mol. The summed E-state index contributed by atoms with van der Waals surface area (Å²) in [5.41, 5.74) is 0.588. The molecule has 30 heavy (non-hydrogen) atoms.